The van der Waals surface area contributed by atoms with Crippen molar-refractivity contribution in [3.8, 4) is 11.5 Å². The van der Waals surface area contributed by atoms with Gasteiger partial charge in [0.1, 0.15) is 0 Å². The molecule has 1 unspecified atom stereocenters. The van der Waals surface area contributed by atoms with Crippen LogP contribution in [0.5, 0.6) is 11.5 Å². The average molecular weight is 237 g/mol. The molecule has 17 heavy (non-hydrogen) atoms. The first-order valence-electron chi connectivity index (χ1n) is 6.17. The highest BCUT2D eigenvalue weighted by Crippen LogP contribution is 2.30. The molecule has 96 valence electrons. The molecule has 1 rings (SSSR count). The summed E-state index contributed by atoms with van der Waals surface area (Å²) in [6.07, 6.45) is 2.41. The lowest BCUT2D eigenvalue weighted by atomic mass is 10.1. The van der Waals surface area contributed by atoms with Crippen molar-refractivity contribution in [1.82, 2.24) is 4.90 Å². The molecule has 0 amide bonds. The first-order valence-corrected chi connectivity index (χ1v) is 6.17. The van der Waals surface area contributed by atoms with Gasteiger partial charge in [-0.25, -0.2) is 0 Å². The van der Waals surface area contributed by atoms with Crippen molar-refractivity contribution >= 4 is 0 Å². The van der Waals surface area contributed by atoms with Crippen molar-refractivity contribution in [3.63, 3.8) is 0 Å². The van der Waals surface area contributed by atoms with E-state index in [1.54, 1.807) is 13.2 Å². The topological polar surface area (TPSA) is 32.7 Å². The second-order valence-corrected chi connectivity index (χ2v) is 4.44. The molecule has 0 aromatic heterocycles. The van der Waals surface area contributed by atoms with E-state index in [1.807, 2.05) is 12.1 Å². The number of hydrogen-bond acceptors (Lipinski definition) is 3. The van der Waals surface area contributed by atoms with E-state index in [-0.39, 0.29) is 5.75 Å². The number of aromatic hydroxyl groups is 1. The summed E-state index contributed by atoms with van der Waals surface area (Å²) >= 11 is 0. The molecule has 0 radical (unpaired) electrons. The van der Waals surface area contributed by atoms with E-state index in [0.29, 0.717) is 11.8 Å². The molecular formula is C14H23NO2. The SMILES string of the molecule is CCCCN(C)C(C)c1ccc(O)c(OC)c1. The lowest BCUT2D eigenvalue weighted by Crippen LogP contribution is -2.23. The Morgan fingerprint density at radius 1 is 1.41 bits per heavy atom. The number of phenols is 1. The normalized spacial score (nSPS) is 12.8. The summed E-state index contributed by atoms with van der Waals surface area (Å²) < 4.78 is 5.13. The Bertz CT molecular complexity index is 352. The van der Waals surface area contributed by atoms with Crippen LogP contribution in [0.1, 0.15) is 38.3 Å². The van der Waals surface area contributed by atoms with Gasteiger partial charge in [-0.3, -0.25) is 4.90 Å². The van der Waals surface area contributed by atoms with E-state index >= 15 is 0 Å². The molecule has 0 fully saturated rings. The number of methoxy groups -OCH3 is 1. The van der Waals surface area contributed by atoms with Crippen LogP contribution in [0.2, 0.25) is 0 Å². The van der Waals surface area contributed by atoms with Crippen LogP contribution in [0, 0.1) is 0 Å². The van der Waals surface area contributed by atoms with Crippen molar-refractivity contribution < 1.29 is 9.84 Å². The number of unbranched alkanes of at least 4 members (excludes halogenated alkanes) is 1. The zero-order chi connectivity index (χ0) is 12.8. The molecule has 1 atom stereocenters. The van der Waals surface area contributed by atoms with Crippen molar-refractivity contribution in [1.29, 1.82) is 0 Å². The molecule has 1 aromatic carbocycles. The molecule has 1 N–H and O–H groups in total. The summed E-state index contributed by atoms with van der Waals surface area (Å²) in [6, 6.07) is 5.88. The third-order valence-corrected chi connectivity index (χ3v) is 3.21. The van der Waals surface area contributed by atoms with Crippen molar-refractivity contribution in [2.45, 2.75) is 32.7 Å². The second-order valence-electron chi connectivity index (χ2n) is 4.44. The minimum Gasteiger partial charge on any atom is -0.504 e. The standard InChI is InChI=1S/C14H23NO2/c1-5-6-9-15(3)11(2)12-7-8-13(16)14(10-12)17-4/h7-8,10-11,16H,5-6,9H2,1-4H3. The van der Waals surface area contributed by atoms with E-state index in [2.05, 4.69) is 25.8 Å². The van der Waals surface area contributed by atoms with Crippen molar-refractivity contribution in [2.75, 3.05) is 20.7 Å². The van der Waals surface area contributed by atoms with Gasteiger partial charge >= 0.3 is 0 Å². The summed E-state index contributed by atoms with van der Waals surface area (Å²) in [4.78, 5) is 2.31. The van der Waals surface area contributed by atoms with Crippen LogP contribution < -0.4 is 4.74 Å². The number of hydrogen-bond donors (Lipinski definition) is 1. The highest BCUT2D eigenvalue weighted by Gasteiger charge is 2.13. The number of phenolic OH excluding ortho intramolecular Hbond substituents is 1. The predicted octanol–water partition coefficient (Wildman–Crippen LogP) is 3.19. The van der Waals surface area contributed by atoms with Crippen LogP contribution in [0.25, 0.3) is 0 Å². The van der Waals surface area contributed by atoms with Gasteiger partial charge in [0.25, 0.3) is 0 Å². The Morgan fingerprint density at radius 2 is 2.12 bits per heavy atom. The largest absolute Gasteiger partial charge is 0.504 e. The monoisotopic (exact) mass is 237 g/mol. The fourth-order valence-electron chi connectivity index (χ4n) is 1.81. The first kappa shape index (κ1) is 13.8. The fourth-order valence-corrected chi connectivity index (χ4v) is 1.81. The third-order valence-electron chi connectivity index (χ3n) is 3.21. The molecular weight excluding hydrogens is 214 g/mol. The molecule has 0 aliphatic heterocycles. The maximum absolute atomic E-state index is 9.56. The molecule has 0 bridgehead atoms. The lowest BCUT2D eigenvalue weighted by molar-refractivity contribution is 0.256. The van der Waals surface area contributed by atoms with E-state index in [4.69, 9.17) is 4.74 Å². The Morgan fingerprint density at radius 3 is 2.71 bits per heavy atom. The number of ether oxygens (including phenoxy) is 1. The molecule has 0 spiro atoms. The molecule has 3 nitrogen and oxygen atoms in total. The molecule has 1 aromatic rings. The van der Waals surface area contributed by atoms with Gasteiger partial charge in [0, 0.05) is 6.04 Å². The maximum atomic E-state index is 9.56. The zero-order valence-corrected chi connectivity index (χ0v) is 11.2. The maximum Gasteiger partial charge on any atom is 0.160 e. The minimum absolute atomic E-state index is 0.194. The summed E-state index contributed by atoms with van der Waals surface area (Å²) in [7, 11) is 3.70. The van der Waals surface area contributed by atoms with Gasteiger partial charge in [0.2, 0.25) is 0 Å². The quantitative estimate of drug-likeness (QED) is 0.824. The highest BCUT2D eigenvalue weighted by molar-refractivity contribution is 5.42. The summed E-state index contributed by atoms with van der Waals surface area (Å²) in [6.45, 7) is 5.45. The Kier molecular flexibility index (Phi) is 5.29. The molecule has 0 saturated heterocycles. The number of rotatable bonds is 6. The third kappa shape index (κ3) is 3.63. The molecule has 0 saturated carbocycles. The van der Waals surface area contributed by atoms with Crippen LogP contribution in [0.4, 0.5) is 0 Å². The molecule has 3 heteroatoms. The number of nitrogens with zero attached hydrogens (tertiary/aromatic N) is 1. The van der Waals surface area contributed by atoms with Crippen LogP contribution in [-0.4, -0.2) is 30.7 Å². The first-order chi connectivity index (χ1) is 8.10. The van der Waals surface area contributed by atoms with Crippen LogP contribution in [-0.2, 0) is 0 Å². The summed E-state index contributed by atoms with van der Waals surface area (Å²) in [5, 5.41) is 9.56. The average Bonchev–Trinajstić information content (AvgIpc) is 2.35. The second kappa shape index (κ2) is 6.50. The van der Waals surface area contributed by atoms with Gasteiger partial charge in [-0.2, -0.15) is 0 Å². The van der Waals surface area contributed by atoms with Crippen LogP contribution in [0.15, 0.2) is 18.2 Å². The predicted molar refractivity (Wildman–Crippen MR) is 70.6 cm³/mol. The van der Waals surface area contributed by atoms with E-state index in [0.717, 1.165) is 6.54 Å². The van der Waals surface area contributed by atoms with Gasteiger partial charge in [0.15, 0.2) is 11.5 Å². The summed E-state index contributed by atoms with van der Waals surface area (Å²) in [5.41, 5.74) is 1.17. The Balaban J connectivity index is 2.77. The molecule has 0 heterocycles. The summed E-state index contributed by atoms with van der Waals surface area (Å²) in [5.74, 6) is 0.734. The van der Waals surface area contributed by atoms with Gasteiger partial charge in [-0.1, -0.05) is 19.4 Å². The Hall–Kier alpha value is -1.22. The molecule has 0 aliphatic rings. The fraction of sp³-hybridized carbons (Fsp3) is 0.571. The van der Waals surface area contributed by atoms with Crippen LogP contribution in [0.3, 0.4) is 0 Å². The van der Waals surface area contributed by atoms with E-state index < -0.39 is 0 Å². The van der Waals surface area contributed by atoms with Crippen molar-refractivity contribution in [2.24, 2.45) is 0 Å². The Labute approximate surface area is 104 Å². The number of benzene rings is 1. The molecule has 0 aliphatic carbocycles. The van der Waals surface area contributed by atoms with Crippen LogP contribution >= 0.6 is 0 Å². The zero-order valence-electron chi connectivity index (χ0n) is 11.2. The van der Waals surface area contributed by atoms with Crippen molar-refractivity contribution in [3.05, 3.63) is 23.8 Å². The van der Waals surface area contributed by atoms with Gasteiger partial charge < -0.3 is 9.84 Å². The van der Waals surface area contributed by atoms with E-state index in [1.165, 1.54) is 18.4 Å². The van der Waals surface area contributed by atoms with E-state index in [9.17, 15) is 5.11 Å². The van der Waals surface area contributed by atoms with Gasteiger partial charge in [-0.15, -0.1) is 0 Å². The minimum atomic E-state index is 0.194. The van der Waals surface area contributed by atoms with Gasteiger partial charge in [0.05, 0.1) is 7.11 Å². The smallest absolute Gasteiger partial charge is 0.160 e. The lowest BCUT2D eigenvalue weighted by Gasteiger charge is -2.25. The van der Waals surface area contributed by atoms with Gasteiger partial charge in [-0.05, 0) is 44.6 Å². The highest BCUT2D eigenvalue weighted by atomic mass is 16.5.